The van der Waals surface area contributed by atoms with Crippen molar-refractivity contribution in [2.45, 2.75) is 0 Å². The van der Waals surface area contributed by atoms with Crippen LogP contribution in [-0.2, 0) is 4.79 Å². The fourth-order valence-corrected chi connectivity index (χ4v) is 2.02. The van der Waals surface area contributed by atoms with Gasteiger partial charge in [-0.15, -0.1) is 11.8 Å². The number of ketones is 1. The van der Waals surface area contributed by atoms with Crippen LogP contribution in [0.5, 0.6) is 0 Å². The lowest BCUT2D eigenvalue weighted by molar-refractivity contribution is -0.111. The number of benzene rings is 1. The zero-order chi connectivity index (χ0) is 8.39. The van der Waals surface area contributed by atoms with Crippen LogP contribution < -0.4 is 0 Å². The molecule has 2 rings (SSSR count). The van der Waals surface area contributed by atoms with Gasteiger partial charge in [0, 0.05) is 5.57 Å². The Bertz CT molecular complexity index is 327. The average molecular weight is 176 g/mol. The second kappa shape index (κ2) is 3.15. The monoisotopic (exact) mass is 176 g/mol. The smallest absolute Gasteiger partial charge is 0.174 e. The van der Waals surface area contributed by atoms with Crippen molar-refractivity contribution in [1.82, 2.24) is 0 Å². The SMILES string of the molecule is O=C1CSC=C1c1ccccc1. The van der Waals surface area contributed by atoms with Gasteiger partial charge in [-0.2, -0.15) is 0 Å². The number of Topliss-reactive ketones (excluding diaryl/α,β-unsaturated/α-hetero) is 1. The second-order valence-electron chi connectivity index (χ2n) is 2.63. The van der Waals surface area contributed by atoms with E-state index in [1.807, 2.05) is 35.7 Å². The zero-order valence-electron chi connectivity index (χ0n) is 6.49. The van der Waals surface area contributed by atoms with Crippen LogP contribution in [0.15, 0.2) is 35.7 Å². The summed E-state index contributed by atoms with van der Waals surface area (Å²) in [6.45, 7) is 0. The fraction of sp³-hybridized carbons (Fsp3) is 0.100. The highest BCUT2D eigenvalue weighted by atomic mass is 32.2. The van der Waals surface area contributed by atoms with E-state index in [9.17, 15) is 4.79 Å². The van der Waals surface area contributed by atoms with Gasteiger partial charge in [-0.1, -0.05) is 30.3 Å². The first-order chi connectivity index (χ1) is 5.88. The highest BCUT2D eigenvalue weighted by molar-refractivity contribution is 8.03. The summed E-state index contributed by atoms with van der Waals surface area (Å²) in [6.07, 6.45) is 0. The molecule has 0 unspecified atom stereocenters. The van der Waals surface area contributed by atoms with Crippen LogP contribution in [0.2, 0.25) is 0 Å². The van der Waals surface area contributed by atoms with E-state index in [1.165, 1.54) is 0 Å². The molecule has 1 aromatic carbocycles. The summed E-state index contributed by atoms with van der Waals surface area (Å²) in [5.41, 5.74) is 1.90. The molecular formula is C10H8OS. The molecule has 0 spiro atoms. The Kier molecular flexibility index (Phi) is 2.00. The van der Waals surface area contributed by atoms with Crippen molar-refractivity contribution >= 4 is 23.1 Å². The number of hydrogen-bond acceptors (Lipinski definition) is 2. The van der Waals surface area contributed by atoms with Crippen LogP contribution >= 0.6 is 11.8 Å². The molecule has 0 radical (unpaired) electrons. The maximum Gasteiger partial charge on any atom is 0.174 e. The molecule has 0 atom stereocenters. The molecule has 0 fully saturated rings. The van der Waals surface area contributed by atoms with E-state index >= 15 is 0 Å². The lowest BCUT2D eigenvalue weighted by Crippen LogP contribution is -1.97. The maximum atomic E-state index is 11.3. The fourth-order valence-electron chi connectivity index (χ4n) is 1.19. The maximum absolute atomic E-state index is 11.3. The van der Waals surface area contributed by atoms with Gasteiger partial charge in [0.1, 0.15) is 0 Å². The van der Waals surface area contributed by atoms with Gasteiger partial charge in [0.15, 0.2) is 5.78 Å². The Morgan fingerprint density at radius 1 is 1.17 bits per heavy atom. The third kappa shape index (κ3) is 1.30. The molecule has 0 amide bonds. The first-order valence-corrected chi connectivity index (χ1v) is 4.83. The molecule has 1 aliphatic rings. The van der Waals surface area contributed by atoms with Crippen molar-refractivity contribution in [3.05, 3.63) is 41.3 Å². The minimum Gasteiger partial charge on any atom is -0.293 e. The Labute approximate surface area is 75.5 Å². The van der Waals surface area contributed by atoms with Gasteiger partial charge < -0.3 is 0 Å². The summed E-state index contributed by atoms with van der Waals surface area (Å²) in [4.78, 5) is 11.3. The van der Waals surface area contributed by atoms with Crippen molar-refractivity contribution in [1.29, 1.82) is 0 Å². The Morgan fingerprint density at radius 3 is 2.50 bits per heavy atom. The van der Waals surface area contributed by atoms with Crippen LogP contribution in [0.1, 0.15) is 5.56 Å². The molecule has 0 N–H and O–H groups in total. The lowest BCUT2D eigenvalue weighted by atomic mass is 10.1. The Morgan fingerprint density at radius 2 is 1.92 bits per heavy atom. The quantitative estimate of drug-likeness (QED) is 0.653. The third-order valence-corrected chi connectivity index (χ3v) is 2.63. The normalized spacial score (nSPS) is 16.3. The summed E-state index contributed by atoms with van der Waals surface area (Å²) in [7, 11) is 0. The molecule has 1 aliphatic heterocycles. The van der Waals surface area contributed by atoms with E-state index in [0.717, 1.165) is 11.1 Å². The molecule has 0 saturated heterocycles. The largest absolute Gasteiger partial charge is 0.293 e. The molecule has 1 nitrogen and oxygen atoms in total. The van der Waals surface area contributed by atoms with Crippen molar-refractivity contribution in [2.24, 2.45) is 0 Å². The summed E-state index contributed by atoms with van der Waals surface area (Å²) in [6, 6.07) is 9.79. The van der Waals surface area contributed by atoms with Crippen LogP contribution in [0.25, 0.3) is 5.57 Å². The van der Waals surface area contributed by atoms with Gasteiger partial charge in [-0.3, -0.25) is 4.79 Å². The lowest BCUT2D eigenvalue weighted by Gasteiger charge is -1.97. The van der Waals surface area contributed by atoms with Crippen LogP contribution in [0.3, 0.4) is 0 Å². The van der Waals surface area contributed by atoms with Crippen LogP contribution in [0.4, 0.5) is 0 Å². The number of allylic oxidation sites excluding steroid dienone is 1. The summed E-state index contributed by atoms with van der Waals surface area (Å²) in [5, 5.41) is 1.94. The van der Waals surface area contributed by atoms with Gasteiger partial charge >= 0.3 is 0 Å². The van der Waals surface area contributed by atoms with Crippen molar-refractivity contribution in [3.8, 4) is 0 Å². The molecule has 12 heavy (non-hydrogen) atoms. The number of carbonyl (C=O) groups is 1. The van der Waals surface area contributed by atoms with E-state index < -0.39 is 0 Å². The minimum absolute atomic E-state index is 0.242. The van der Waals surface area contributed by atoms with Gasteiger partial charge in [0.2, 0.25) is 0 Å². The first-order valence-electron chi connectivity index (χ1n) is 3.78. The average Bonchev–Trinajstić information content (AvgIpc) is 2.53. The Balaban J connectivity index is 2.38. The van der Waals surface area contributed by atoms with E-state index in [0.29, 0.717) is 5.75 Å². The summed E-state index contributed by atoms with van der Waals surface area (Å²) in [5.74, 6) is 0.843. The Hall–Kier alpha value is -1.02. The number of rotatable bonds is 1. The molecule has 0 aliphatic carbocycles. The summed E-state index contributed by atoms with van der Waals surface area (Å²) >= 11 is 1.57. The number of hydrogen-bond donors (Lipinski definition) is 0. The molecule has 1 aromatic rings. The molecular weight excluding hydrogens is 168 g/mol. The summed E-state index contributed by atoms with van der Waals surface area (Å²) < 4.78 is 0. The van der Waals surface area contributed by atoms with E-state index in [4.69, 9.17) is 0 Å². The van der Waals surface area contributed by atoms with Gasteiger partial charge in [-0.05, 0) is 11.0 Å². The topological polar surface area (TPSA) is 17.1 Å². The van der Waals surface area contributed by atoms with Crippen molar-refractivity contribution in [3.63, 3.8) is 0 Å². The highest BCUT2D eigenvalue weighted by Crippen LogP contribution is 2.26. The predicted molar refractivity (Wildman–Crippen MR) is 51.9 cm³/mol. The number of carbonyl (C=O) groups excluding carboxylic acids is 1. The van der Waals surface area contributed by atoms with E-state index in [1.54, 1.807) is 11.8 Å². The van der Waals surface area contributed by atoms with Gasteiger partial charge in [0.05, 0.1) is 5.75 Å². The van der Waals surface area contributed by atoms with Crippen molar-refractivity contribution < 1.29 is 4.79 Å². The van der Waals surface area contributed by atoms with E-state index in [2.05, 4.69) is 0 Å². The molecule has 0 bridgehead atoms. The predicted octanol–water partition coefficient (Wildman–Crippen LogP) is 2.34. The molecule has 0 aromatic heterocycles. The highest BCUT2D eigenvalue weighted by Gasteiger charge is 2.16. The van der Waals surface area contributed by atoms with E-state index in [-0.39, 0.29) is 5.78 Å². The van der Waals surface area contributed by atoms with Gasteiger partial charge in [0.25, 0.3) is 0 Å². The third-order valence-electron chi connectivity index (χ3n) is 1.80. The molecule has 0 saturated carbocycles. The molecule has 60 valence electrons. The second-order valence-corrected chi connectivity index (χ2v) is 3.49. The zero-order valence-corrected chi connectivity index (χ0v) is 7.30. The van der Waals surface area contributed by atoms with Crippen molar-refractivity contribution in [2.75, 3.05) is 5.75 Å². The first kappa shape index (κ1) is 7.62. The van der Waals surface area contributed by atoms with Crippen LogP contribution in [0, 0.1) is 0 Å². The van der Waals surface area contributed by atoms with Crippen LogP contribution in [-0.4, -0.2) is 11.5 Å². The van der Waals surface area contributed by atoms with Gasteiger partial charge in [-0.25, -0.2) is 0 Å². The molecule has 1 heterocycles. The number of thioether (sulfide) groups is 1. The minimum atomic E-state index is 0.242. The molecule has 2 heteroatoms. The standard InChI is InChI=1S/C10H8OS/c11-10-7-12-6-9(10)8-4-2-1-3-5-8/h1-6H,7H2.